The number of benzene rings is 1. The highest BCUT2D eigenvalue weighted by Crippen LogP contribution is 2.28. The van der Waals surface area contributed by atoms with Crippen LogP contribution in [0.4, 0.5) is 0 Å². The Hall–Kier alpha value is -1.25. The van der Waals surface area contributed by atoms with Gasteiger partial charge in [-0.1, -0.05) is 30.7 Å². The Morgan fingerprint density at radius 3 is 2.65 bits per heavy atom. The maximum atomic E-state index is 6.19. The summed E-state index contributed by atoms with van der Waals surface area (Å²) in [6.07, 6.45) is 0.869. The topological polar surface area (TPSA) is 39.2 Å². The standard InChI is InChI=1S/C14H16ClNO/c1-3-10-5-7-13(17-10)14(16)11-6-4-9(2)8-12(11)15/h4-8,14H,3,16H2,1-2H3. The quantitative estimate of drug-likeness (QED) is 0.897. The van der Waals surface area contributed by atoms with E-state index in [0.29, 0.717) is 5.02 Å². The van der Waals surface area contributed by atoms with E-state index in [1.807, 2.05) is 44.2 Å². The van der Waals surface area contributed by atoms with Crippen molar-refractivity contribution in [3.63, 3.8) is 0 Å². The van der Waals surface area contributed by atoms with Crippen LogP contribution in [0, 0.1) is 6.92 Å². The van der Waals surface area contributed by atoms with Gasteiger partial charge in [0, 0.05) is 11.4 Å². The normalized spacial score (nSPS) is 12.7. The highest BCUT2D eigenvalue weighted by atomic mass is 35.5. The molecule has 17 heavy (non-hydrogen) atoms. The fourth-order valence-electron chi connectivity index (χ4n) is 1.79. The molecule has 0 aliphatic carbocycles. The number of furan rings is 1. The van der Waals surface area contributed by atoms with E-state index in [4.69, 9.17) is 21.8 Å². The summed E-state index contributed by atoms with van der Waals surface area (Å²) in [6, 6.07) is 9.45. The molecule has 1 aromatic heterocycles. The van der Waals surface area contributed by atoms with E-state index in [-0.39, 0.29) is 6.04 Å². The van der Waals surface area contributed by atoms with Crippen LogP contribution in [-0.4, -0.2) is 0 Å². The Kier molecular flexibility index (Phi) is 3.55. The molecule has 0 aliphatic rings. The average Bonchev–Trinajstić information content (AvgIpc) is 2.76. The van der Waals surface area contributed by atoms with Crippen LogP contribution in [0.5, 0.6) is 0 Å². The third-order valence-electron chi connectivity index (χ3n) is 2.83. The van der Waals surface area contributed by atoms with Crippen LogP contribution in [0.2, 0.25) is 5.02 Å². The number of hydrogen-bond acceptors (Lipinski definition) is 2. The Morgan fingerprint density at radius 2 is 2.06 bits per heavy atom. The molecule has 0 saturated heterocycles. The van der Waals surface area contributed by atoms with Crippen molar-refractivity contribution < 1.29 is 4.42 Å². The molecule has 0 amide bonds. The van der Waals surface area contributed by atoms with Crippen molar-refractivity contribution in [2.45, 2.75) is 26.3 Å². The second-order valence-electron chi connectivity index (χ2n) is 4.16. The van der Waals surface area contributed by atoms with Crippen LogP contribution in [0.25, 0.3) is 0 Å². The lowest BCUT2D eigenvalue weighted by molar-refractivity contribution is 0.454. The molecule has 2 nitrogen and oxygen atoms in total. The van der Waals surface area contributed by atoms with E-state index < -0.39 is 0 Å². The molecule has 2 N–H and O–H groups in total. The first-order valence-electron chi connectivity index (χ1n) is 5.72. The zero-order valence-corrected chi connectivity index (χ0v) is 10.8. The summed E-state index contributed by atoms with van der Waals surface area (Å²) >= 11 is 6.19. The third-order valence-corrected chi connectivity index (χ3v) is 3.16. The second-order valence-corrected chi connectivity index (χ2v) is 4.57. The van der Waals surface area contributed by atoms with E-state index in [2.05, 4.69) is 0 Å². The summed E-state index contributed by atoms with van der Waals surface area (Å²) < 4.78 is 5.65. The van der Waals surface area contributed by atoms with Crippen LogP contribution >= 0.6 is 11.6 Å². The van der Waals surface area contributed by atoms with Gasteiger partial charge < -0.3 is 10.2 Å². The minimum atomic E-state index is -0.302. The van der Waals surface area contributed by atoms with Crippen LogP contribution in [0.3, 0.4) is 0 Å². The molecule has 1 atom stereocenters. The van der Waals surface area contributed by atoms with Gasteiger partial charge in [-0.3, -0.25) is 0 Å². The average molecular weight is 250 g/mol. The fraction of sp³-hybridized carbons (Fsp3) is 0.286. The van der Waals surface area contributed by atoms with Crippen molar-refractivity contribution in [2.24, 2.45) is 5.73 Å². The van der Waals surface area contributed by atoms with Crippen LogP contribution in [0.1, 0.15) is 35.6 Å². The molecule has 2 rings (SSSR count). The smallest absolute Gasteiger partial charge is 0.125 e. The first-order valence-corrected chi connectivity index (χ1v) is 6.10. The monoisotopic (exact) mass is 249 g/mol. The first-order chi connectivity index (χ1) is 8.11. The van der Waals surface area contributed by atoms with Crippen molar-refractivity contribution in [3.8, 4) is 0 Å². The van der Waals surface area contributed by atoms with Crippen molar-refractivity contribution in [2.75, 3.05) is 0 Å². The highest BCUT2D eigenvalue weighted by molar-refractivity contribution is 6.31. The molecule has 90 valence electrons. The molecule has 0 saturated carbocycles. The summed E-state index contributed by atoms with van der Waals surface area (Å²) in [5, 5.41) is 0.687. The predicted octanol–water partition coefficient (Wildman–Crippen LogP) is 3.85. The van der Waals surface area contributed by atoms with Crippen molar-refractivity contribution >= 4 is 11.6 Å². The molecule has 0 bridgehead atoms. The van der Waals surface area contributed by atoms with Crippen molar-refractivity contribution in [1.82, 2.24) is 0 Å². The maximum absolute atomic E-state index is 6.19. The van der Waals surface area contributed by atoms with Gasteiger partial charge in [0.15, 0.2) is 0 Å². The third kappa shape index (κ3) is 2.54. The minimum Gasteiger partial charge on any atom is -0.464 e. The molecule has 1 heterocycles. The zero-order valence-electron chi connectivity index (χ0n) is 10.0. The van der Waals surface area contributed by atoms with Gasteiger partial charge in [-0.15, -0.1) is 0 Å². The van der Waals surface area contributed by atoms with Crippen molar-refractivity contribution in [3.05, 3.63) is 58.0 Å². The molecule has 1 unspecified atom stereocenters. The first kappa shape index (κ1) is 12.2. The van der Waals surface area contributed by atoms with E-state index >= 15 is 0 Å². The van der Waals surface area contributed by atoms with Gasteiger partial charge in [-0.05, 0) is 36.2 Å². The predicted molar refractivity (Wildman–Crippen MR) is 70.3 cm³/mol. The van der Waals surface area contributed by atoms with Gasteiger partial charge in [0.1, 0.15) is 11.5 Å². The molecular weight excluding hydrogens is 234 g/mol. The number of hydrogen-bond donors (Lipinski definition) is 1. The van der Waals surface area contributed by atoms with E-state index in [9.17, 15) is 0 Å². The lowest BCUT2D eigenvalue weighted by Crippen LogP contribution is -2.11. The molecule has 0 aliphatic heterocycles. The van der Waals surface area contributed by atoms with Crippen LogP contribution in [0.15, 0.2) is 34.7 Å². The van der Waals surface area contributed by atoms with Gasteiger partial charge >= 0.3 is 0 Å². The molecule has 3 heteroatoms. The van der Waals surface area contributed by atoms with Crippen molar-refractivity contribution in [1.29, 1.82) is 0 Å². The molecule has 0 fully saturated rings. The Balaban J connectivity index is 2.33. The summed E-state index contributed by atoms with van der Waals surface area (Å²) in [6.45, 7) is 4.05. The molecule has 2 aromatic rings. The Bertz CT molecular complexity index is 519. The number of aryl methyl sites for hydroxylation is 2. The maximum Gasteiger partial charge on any atom is 0.125 e. The number of halogens is 1. The van der Waals surface area contributed by atoms with E-state index in [1.165, 1.54) is 0 Å². The SMILES string of the molecule is CCc1ccc(C(N)c2ccc(C)cc2Cl)o1. The minimum absolute atomic E-state index is 0.302. The van der Waals surface area contributed by atoms with Crippen LogP contribution < -0.4 is 5.73 Å². The van der Waals surface area contributed by atoms with Gasteiger partial charge in [-0.25, -0.2) is 0 Å². The van der Waals surface area contributed by atoms with E-state index in [1.54, 1.807) is 0 Å². The summed E-state index contributed by atoms with van der Waals surface area (Å²) in [4.78, 5) is 0. The molecule has 1 aromatic carbocycles. The fourth-order valence-corrected chi connectivity index (χ4v) is 2.14. The molecular formula is C14H16ClNO. The zero-order chi connectivity index (χ0) is 12.4. The lowest BCUT2D eigenvalue weighted by Gasteiger charge is -2.11. The number of rotatable bonds is 3. The van der Waals surface area contributed by atoms with Gasteiger partial charge in [0.2, 0.25) is 0 Å². The summed E-state index contributed by atoms with van der Waals surface area (Å²) in [7, 11) is 0. The van der Waals surface area contributed by atoms with E-state index in [0.717, 1.165) is 29.1 Å². The molecule has 0 radical (unpaired) electrons. The van der Waals surface area contributed by atoms with Gasteiger partial charge in [0.05, 0.1) is 6.04 Å². The summed E-state index contributed by atoms with van der Waals surface area (Å²) in [5.41, 5.74) is 8.18. The van der Waals surface area contributed by atoms with Gasteiger partial charge in [0.25, 0.3) is 0 Å². The number of nitrogens with two attached hydrogens (primary N) is 1. The van der Waals surface area contributed by atoms with Gasteiger partial charge in [-0.2, -0.15) is 0 Å². The van der Waals surface area contributed by atoms with Crippen LogP contribution in [-0.2, 0) is 6.42 Å². The highest BCUT2D eigenvalue weighted by Gasteiger charge is 2.15. The Labute approximate surface area is 106 Å². The lowest BCUT2D eigenvalue weighted by atomic mass is 10.0. The Morgan fingerprint density at radius 1 is 1.29 bits per heavy atom. The second kappa shape index (κ2) is 4.94. The summed E-state index contributed by atoms with van der Waals surface area (Å²) in [5.74, 6) is 1.70. The largest absolute Gasteiger partial charge is 0.464 e. The molecule has 0 spiro atoms.